The van der Waals surface area contributed by atoms with Gasteiger partial charge in [-0.25, -0.2) is 0 Å². The van der Waals surface area contributed by atoms with E-state index in [1.54, 1.807) is 13.2 Å². The second kappa shape index (κ2) is 3.79. The average molecular weight is 187 g/mol. The Morgan fingerprint density at radius 2 is 2.15 bits per heavy atom. The highest BCUT2D eigenvalue weighted by molar-refractivity contribution is 5.16. The number of nitrogens with zero attached hydrogens (tertiary/aromatic N) is 1. The smallest absolute Gasteiger partial charge is 0.286 e. The maximum atomic E-state index is 12.7. The highest BCUT2D eigenvalue weighted by atomic mass is 19.3. The Morgan fingerprint density at radius 1 is 1.46 bits per heavy atom. The first-order valence-electron chi connectivity index (χ1n) is 3.86. The number of alkyl halides is 2. The van der Waals surface area contributed by atoms with Gasteiger partial charge in [-0.1, -0.05) is 6.07 Å². The number of ether oxygens (including phenoxy) is 1. The summed E-state index contributed by atoms with van der Waals surface area (Å²) in [5.74, 6) is -2.87. The summed E-state index contributed by atoms with van der Waals surface area (Å²) in [4.78, 5) is 3.64. The van der Waals surface area contributed by atoms with Crippen LogP contribution >= 0.6 is 0 Å². The van der Waals surface area contributed by atoms with E-state index in [-0.39, 0.29) is 5.69 Å². The number of rotatable bonds is 3. The van der Waals surface area contributed by atoms with Gasteiger partial charge in [-0.15, -0.1) is 0 Å². The first-order valence-corrected chi connectivity index (χ1v) is 3.86. The van der Waals surface area contributed by atoms with Crippen molar-refractivity contribution < 1.29 is 13.5 Å². The Hall–Kier alpha value is -1.03. The van der Waals surface area contributed by atoms with Crippen molar-refractivity contribution in [2.24, 2.45) is 0 Å². The van der Waals surface area contributed by atoms with E-state index in [1.807, 2.05) is 0 Å². The maximum Gasteiger partial charge on any atom is 0.286 e. The highest BCUT2D eigenvalue weighted by Gasteiger charge is 2.25. The number of aromatic nitrogens is 1. The minimum atomic E-state index is -2.87. The molecule has 0 radical (unpaired) electrons. The summed E-state index contributed by atoms with van der Waals surface area (Å²) in [6.45, 7) is 1.22. The second-order valence-electron chi connectivity index (χ2n) is 2.87. The molecule has 0 aliphatic heterocycles. The van der Waals surface area contributed by atoms with E-state index in [2.05, 4.69) is 4.98 Å². The summed E-state index contributed by atoms with van der Waals surface area (Å²) < 4.78 is 30.2. The normalized spacial score (nSPS) is 11.7. The number of methoxy groups -OCH3 is 1. The molecule has 72 valence electrons. The van der Waals surface area contributed by atoms with Gasteiger partial charge in [0.1, 0.15) is 5.69 Å². The molecule has 2 nitrogen and oxygen atoms in total. The molecular formula is C9H11F2NO. The first-order chi connectivity index (χ1) is 6.04. The average Bonchev–Trinajstić information content (AvgIpc) is 2.04. The Labute approximate surface area is 75.6 Å². The molecule has 0 saturated carbocycles. The van der Waals surface area contributed by atoms with Crippen molar-refractivity contribution in [3.05, 3.63) is 29.6 Å². The van der Waals surface area contributed by atoms with E-state index in [1.165, 1.54) is 12.3 Å². The summed E-state index contributed by atoms with van der Waals surface area (Å²) in [5, 5.41) is 0. The quantitative estimate of drug-likeness (QED) is 0.724. The van der Waals surface area contributed by atoms with Crippen LogP contribution in [0.5, 0.6) is 0 Å². The molecule has 0 atom stereocenters. The van der Waals surface area contributed by atoms with Crippen molar-refractivity contribution >= 4 is 0 Å². The van der Waals surface area contributed by atoms with E-state index in [0.717, 1.165) is 12.5 Å². The topological polar surface area (TPSA) is 22.1 Å². The third-order valence-electron chi connectivity index (χ3n) is 1.59. The molecule has 0 aromatic carbocycles. The lowest BCUT2D eigenvalue weighted by atomic mass is 10.2. The fourth-order valence-electron chi connectivity index (χ4n) is 0.936. The molecule has 0 N–H and O–H groups in total. The largest absolute Gasteiger partial charge is 0.380 e. The van der Waals surface area contributed by atoms with Gasteiger partial charge in [0.25, 0.3) is 5.92 Å². The lowest BCUT2D eigenvalue weighted by molar-refractivity contribution is 0.0127. The zero-order valence-corrected chi connectivity index (χ0v) is 7.55. The third kappa shape index (κ3) is 2.73. The summed E-state index contributed by atoms with van der Waals surface area (Å²) in [6.07, 6.45) is 1.40. The van der Waals surface area contributed by atoms with Crippen molar-refractivity contribution in [3.63, 3.8) is 0 Å². The Morgan fingerprint density at radius 3 is 2.54 bits per heavy atom. The maximum absolute atomic E-state index is 12.7. The zero-order chi connectivity index (χ0) is 9.90. The molecule has 1 aromatic rings. The van der Waals surface area contributed by atoms with Gasteiger partial charge < -0.3 is 4.74 Å². The van der Waals surface area contributed by atoms with Gasteiger partial charge in [0.05, 0.1) is 6.61 Å². The van der Waals surface area contributed by atoms with E-state index in [0.29, 0.717) is 6.61 Å². The SMILES string of the molecule is COCc1ccc(C(C)(F)F)nc1. The van der Waals surface area contributed by atoms with Crippen LogP contribution in [0.4, 0.5) is 8.78 Å². The summed E-state index contributed by atoms with van der Waals surface area (Å²) in [6, 6.07) is 2.90. The van der Waals surface area contributed by atoms with Gasteiger partial charge in [0.2, 0.25) is 0 Å². The van der Waals surface area contributed by atoms with Gasteiger partial charge in [0, 0.05) is 20.2 Å². The standard InChI is InChI=1S/C9H11F2NO/c1-9(10,11)8-4-3-7(5-12-8)6-13-2/h3-5H,6H2,1-2H3. The van der Waals surface area contributed by atoms with Crippen LogP contribution in [0.2, 0.25) is 0 Å². The second-order valence-corrected chi connectivity index (χ2v) is 2.87. The van der Waals surface area contributed by atoms with Crippen LogP contribution in [0.25, 0.3) is 0 Å². The van der Waals surface area contributed by atoms with Gasteiger partial charge in [-0.3, -0.25) is 4.98 Å². The predicted octanol–water partition coefficient (Wildman–Crippen LogP) is 2.34. The van der Waals surface area contributed by atoms with Gasteiger partial charge in [0.15, 0.2) is 0 Å². The molecule has 0 bridgehead atoms. The molecule has 13 heavy (non-hydrogen) atoms. The van der Waals surface area contributed by atoms with Crippen LogP contribution in [0.3, 0.4) is 0 Å². The van der Waals surface area contributed by atoms with Crippen molar-refractivity contribution in [2.75, 3.05) is 7.11 Å². The Bertz CT molecular complexity index is 266. The van der Waals surface area contributed by atoms with E-state index in [9.17, 15) is 8.78 Å². The van der Waals surface area contributed by atoms with Crippen LogP contribution in [-0.2, 0) is 17.3 Å². The van der Waals surface area contributed by atoms with E-state index in [4.69, 9.17) is 4.74 Å². The minimum absolute atomic E-state index is 0.215. The molecule has 4 heteroatoms. The number of hydrogen-bond donors (Lipinski definition) is 0. The van der Waals surface area contributed by atoms with Crippen LogP contribution in [-0.4, -0.2) is 12.1 Å². The van der Waals surface area contributed by atoms with Crippen molar-refractivity contribution in [1.82, 2.24) is 4.98 Å². The van der Waals surface area contributed by atoms with Gasteiger partial charge in [-0.2, -0.15) is 8.78 Å². The lowest BCUT2D eigenvalue weighted by Gasteiger charge is -2.09. The summed E-state index contributed by atoms with van der Waals surface area (Å²) in [7, 11) is 1.54. The zero-order valence-electron chi connectivity index (χ0n) is 7.55. The molecule has 0 fully saturated rings. The molecule has 0 spiro atoms. The van der Waals surface area contributed by atoms with Crippen molar-refractivity contribution in [3.8, 4) is 0 Å². The highest BCUT2D eigenvalue weighted by Crippen LogP contribution is 2.24. The number of halogens is 2. The van der Waals surface area contributed by atoms with Crippen LogP contribution in [0.15, 0.2) is 18.3 Å². The number of pyridine rings is 1. The van der Waals surface area contributed by atoms with E-state index < -0.39 is 5.92 Å². The monoisotopic (exact) mass is 187 g/mol. The molecule has 0 aliphatic rings. The van der Waals surface area contributed by atoms with Crippen LogP contribution < -0.4 is 0 Å². The minimum Gasteiger partial charge on any atom is -0.380 e. The fraction of sp³-hybridized carbons (Fsp3) is 0.444. The molecule has 1 rings (SSSR count). The van der Waals surface area contributed by atoms with Crippen molar-refractivity contribution in [1.29, 1.82) is 0 Å². The molecule has 0 unspecified atom stereocenters. The van der Waals surface area contributed by atoms with Crippen LogP contribution in [0.1, 0.15) is 18.2 Å². The first kappa shape index (κ1) is 10.1. The fourth-order valence-corrected chi connectivity index (χ4v) is 0.936. The lowest BCUT2D eigenvalue weighted by Crippen LogP contribution is -2.09. The molecule has 0 aliphatic carbocycles. The Kier molecular flexibility index (Phi) is 2.93. The molecular weight excluding hydrogens is 176 g/mol. The summed E-state index contributed by atoms with van der Waals surface area (Å²) >= 11 is 0. The van der Waals surface area contributed by atoms with Crippen LogP contribution in [0, 0.1) is 0 Å². The van der Waals surface area contributed by atoms with Gasteiger partial charge in [-0.05, 0) is 11.6 Å². The third-order valence-corrected chi connectivity index (χ3v) is 1.59. The number of hydrogen-bond acceptors (Lipinski definition) is 2. The molecule has 1 aromatic heterocycles. The molecule has 1 heterocycles. The van der Waals surface area contributed by atoms with Crippen molar-refractivity contribution in [2.45, 2.75) is 19.5 Å². The predicted molar refractivity (Wildman–Crippen MR) is 44.5 cm³/mol. The van der Waals surface area contributed by atoms with Gasteiger partial charge >= 0.3 is 0 Å². The molecule has 0 amide bonds. The summed E-state index contributed by atoms with van der Waals surface area (Å²) in [5.41, 5.74) is 0.572. The Balaban J connectivity index is 2.81. The van der Waals surface area contributed by atoms with E-state index >= 15 is 0 Å². The molecule has 0 saturated heterocycles.